The van der Waals surface area contributed by atoms with Gasteiger partial charge < -0.3 is 9.30 Å². The number of hydrogen-bond donors (Lipinski definition) is 0. The van der Waals surface area contributed by atoms with Crippen LogP contribution in [0.1, 0.15) is 24.2 Å². The Morgan fingerprint density at radius 1 is 1.47 bits per heavy atom. The number of esters is 1. The quantitative estimate of drug-likeness (QED) is 0.642. The maximum Gasteiger partial charge on any atom is 0.343 e. The fourth-order valence-corrected chi connectivity index (χ4v) is 2.21. The first-order valence-corrected chi connectivity index (χ1v) is 6.73. The Kier molecular flexibility index (Phi) is 3.99. The van der Waals surface area contributed by atoms with Crippen LogP contribution in [0, 0.1) is 0 Å². The number of carbonyl (C=O) groups excluding carboxylic acids is 1. The predicted octanol–water partition coefficient (Wildman–Crippen LogP) is 2.36. The number of ether oxygens (including phenoxy) is 1. The van der Waals surface area contributed by atoms with E-state index in [1.54, 1.807) is 19.2 Å². The number of aromatic nitrogens is 2. The van der Waals surface area contributed by atoms with E-state index in [-0.39, 0.29) is 17.6 Å². The van der Waals surface area contributed by atoms with Crippen LogP contribution in [0.3, 0.4) is 0 Å². The summed E-state index contributed by atoms with van der Waals surface area (Å²) in [4.78, 5) is 28.2. The van der Waals surface area contributed by atoms with E-state index in [1.165, 1.54) is 6.20 Å². The van der Waals surface area contributed by atoms with Gasteiger partial charge in [0.2, 0.25) is 5.43 Å². The molecule has 2 rings (SSSR count). The second-order valence-electron chi connectivity index (χ2n) is 3.90. The summed E-state index contributed by atoms with van der Waals surface area (Å²) < 4.78 is 7.27. The maximum atomic E-state index is 12.3. The van der Waals surface area contributed by atoms with Gasteiger partial charge in [0.15, 0.2) is 0 Å². The van der Waals surface area contributed by atoms with Gasteiger partial charge >= 0.3 is 5.97 Å². The zero-order valence-corrected chi connectivity index (χ0v) is 12.2. The summed E-state index contributed by atoms with van der Waals surface area (Å²) in [7, 11) is 0. The Morgan fingerprint density at radius 3 is 2.84 bits per heavy atom. The summed E-state index contributed by atoms with van der Waals surface area (Å²) in [5.41, 5.74) is 0.416. The Bertz CT molecular complexity index is 694. The van der Waals surface area contributed by atoms with Crippen molar-refractivity contribution in [3.05, 3.63) is 38.9 Å². The zero-order chi connectivity index (χ0) is 14.0. The van der Waals surface area contributed by atoms with Crippen molar-refractivity contribution in [3.8, 4) is 0 Å². The first-order valence-electron chi connectivity index (χ1n) is 5.94. The summed E-state index contributed by atoms with van der Waals surface area (Å²) in [5.74, 6) is -0.593. The van der Waals surface area contributed by atoms with E-state index < -0.39 is 5.97 Å². The van der Waals surface area contributed by atoms with E-state index in [0.717, 1.165) is 0 Å². The van der Waals surface area contributed by atoms with Crippen LogP contribution < -0.4 is 5.43 Å². The van der Waals surface area contributed by atoms with Crippen molar-refractivity contribution in [3.63, 3.8) is 0 Å². The number of halogens is 1. The molecular weight excluding hydrogens is 312 g/mol. The van der Waals surface area contributed by atoms with Crippen LogP contribution in [0.2, 0.25) is 0 Å². The van der Waals surface area contributed by atoms with Crippen molar-refractivity contribution in [2.24, 2.45) is 0 Å². The number of carbonyl (C=O) groups is 1. The molecule has 19 heavy (non-hydrogen) atoms. The average molecular weight is 325 g/mol. The van der Waals surface area contributed by atoms with Gasteiger partial charge in [0, 0.05) is 12.7 Å². The predicted molar refractivity (Wildman–Crippen MR) is 75.3 cm³/mol. The van der Waals surface area contributed by atoms with Gasteiger partial charge in [-0.1, -0.05) is 0 Å². The molecule has 6 heteroatoms. The minimum atomic E-state index is -0.593. The topological polar surface area (TPSA) is 61.2 Å². The van der Waals surface area contributed by atoms with E-state index in [2.05, 4.69) is 20.9 Å². The Hall–Kier alpha value is -1.69. The van der Waals surface area contributed by atoms with Gasteiger partial charge in [-0.15, -0.1) is 0 Å². The van der Waals surface area contributed by atoms with Gasteiger partial charge in [0.25, 0.3) is 0 Å². The molecule has 0 unspecified atom stereocenters. The first-order chi connectivity index (χ1) is 9.08. The van der Waals surface area contributed by atoms with Gasteiger partial charge in [-0.05, 0) is 35.8 Å². The molecule has 0 spiro atoms. The van der Waals surface area contributed by atoms with Gasteiger partial charge in [0.1, 0.15) is 10.2 Å². The third kappa shape index (κ3) is 2.53. The number of fused-ring (bicyclic) bond motifs is 1. The molecule has 0 aliphatic carbocycles. The monoisotopic (exact) mass is 324 g/mol. The molecule has 2 aromatic heterocycles. The summed E-state index contributed by atoms with van der Waals surface area (Å²) in [5, 5.41) is 0.453. The first kappa shape index (κ1) is 13.7. The Labute approximate surface area is 118 Å². The fraction of sp³-hybridized carbons (Fsp3) is 0.308. The van der Waals surface area contributed by atoms with Crippen LogP contribution in [-0.2, 0) is 11.3 Å². The van der Waals surface area contributed by atoms with Gasteiger partial charge in [-0.3, -0.25) is 4.79 Å². The van der Waals surface area contributed by atoms with Crippen LogP contribution in [0.5, 0.6) is 0 Å². The molecule has 2 aromatic rings. The third-order valence-electron chi connectivity index (χ3n) is 2.77. The van der Waals surface area contributed by atoms with Crippen molar-refractivity contribution in [2.45, 2.75) is 20.4 Å². The van der Waals surface area contributed by atoms with Gasteiger partial charge in [-0.25, -0.2) is 9.78 Å². The smallest absolute Gasteiger partial charge is 0.343 e. The van der Waals surface area contributed by atoms with E-state index in [0.29, 0.717) is 22.1 Å². The molecule has 0 aromatic carbocycles. The molecule has 0 saturated heterocycles. The molecule has 0 bridgehead atoms. The lowest BCUT2D eigenvalue weighted by atomic mass is 10.1. The molecule has 0 N–H and O–H groups in total. The van der Waals surface area contributed by atoms with Gasteiger partial charge in [-0.2, -0.15) is 0 Å². The molecule has 0 amide bonds. The number of aryl methyl sites for hydroxylation is 1. The zero-order valence-electron chi connectivity index (χ0n) is 10.6. The van der Waals surface area contributed by atoms with Gasteiger partial charge in [0.05, 0.1) is 23.7 Å². The number of hydrogen-bond acceptors (Lipinski definition) is 4. The van der Waals surface area contributed by atoms with Crippen LogP contribution >= 0.6 is 15.9 Å². The molecular formula is C13H13BrN2O3. The Morgan fingerprint density at radius 2 is 2.21 bits per heavy atom. The standard InChI is InChI=1S/C13H13BrN2O3/c1-3-16-7-9(13(18)19-4-2)12(17)8-5-11(14)15-6-10(8)16/h5-7H,3-4H2,1-2H3. The van der Waals surface area contributed by atoms with Crippen LogP contribution in [-0.4, -0.2) is 22.1 Å². The van der Waals surface area contributed by atoms with Crippen LogP contribution in [0.4, 0.5) is 0 Å². The van der Waals surface area contributed by atoms with E-state index in [4.69, 9.17) is 4.74 Å². The average Bonchev–Trinajstić information content (AvgIpc) is 2.40. The summed E-state index contributed by atoms with van der Waals surface area (Å²) in [6, 6.07) is 1.62. The molecule has 0 fully saturated rings. The minimum absolute atomic E-state index is 0.0503. The highest BCUT2D eigenvalue weighted by Crippen LogP contribution is 2.15. The Balaban J connectivity index is 2.77. The highest BCUT2D eigenvalue weighted by molar-refractivity contribution is 9.10. The van der Waals surface area contributed by atoms with Crippen molar-refractivity contribution >= 4 is 32.8 Å². The molecule has 100 valence electrons. The lowest BCUT2D eigenvalue weighted by molar-refractivity contribution is 0.0524. The third-order valence-corrected chi connectivity index (χ3v) is 3.20. The molecule has 2 heterocycles. The van der Waals surface area contributed by atoms with Crippen molar-refractivity contribution in [2.75, 3.05) is 6.61 Å². The molecule has 0 radical (unpaired) electrons. The van der Waals surface area contributed by atoms with Crippen molar-refractivity contribution in [1.82, 2.24) is 9.55 Å². The summed E-state index contributed by atoms with van der Waals surface area (Å²) >= 11 is 3.23. The fourth-order valence-electron chi connectivity index (χ4n) is 1.88. The highest BCUT2D eigenvalue weighted by atomic mass is 79.9. The number of pyridine rings is 2. The molecule has 0 aliphatic heterocycles. The molecule has 0 atom stereocenters. The second-order valence-corrected chi connectivity index (χ2v) is 4.72. The second kappa shape index (κ2) is 5.52. The molecule has 5 nitrogen and oxygen atoms in total. The SMILES string of the molecule is CCOC(=O)c1cn(CC)c2cnc(Br)cc2c1=O. The van der Waals surface area contributed by atoms with Crippen LogP contribution in [0.15, 0.2) is 27.9 Å². The highest BCUT2D eigenvalue weighted by Gasteiger charge is 2.16. The minimum Gasteiger partial charge on any atom is -0.462 e. The van der Waals surface area contributed by atoms with Crippen molar-refractivity contribution < 1.29 is 9.53 Å². The molecule has 0 saturated carbocycles. The largest absolute Gasteiger partial charge is 0.462 e. The van der Waals surface area contributed by atoms with E-state index in [1.807, 2.05) is 11.5 Å². The summed E-state index contributed by atoms with van der Waals surface area (Å²) in [6.07, 6.45) is 3.14. The lowest BCUT2D eigenvalue weighted by Crippen LogP contribution is -2.20. The maximum absolute atomic E-state index is 12.3. The summed E-state index contributed by atoms with van der Waals surface area (Å²) in [6.45, 7) is 4.51. The van der Waals surface area contributed by atoms with E-state index in [9.17, 15) is 9.59 Å². The normalized spacial score (nSPS) is 10.7. The number of rotatable bonds is 3. The molecule has 0 aliphatic rings. The van der Waals surface area contributed by atoms with Crippen LogP contribution in [0.25, 0.3) is 10.9 Å². The number of nitrogens with zero attached hydrogens (tertiary/aromatic N) is 2. The lowest BCUT2D eigenvalue weighted by Gasteiger charge is -2.10. The van der Waals surface area contributed by atoms with Crippen molar-refractivity contribution in [1.29, 1.82) is 0 Å². The van der Waals surface area contributed by atoms with E-state index >= 15 is 0 Å².